The van der Waals surface area contributed by atoms with Gasteiger partial charge in [0.1, 0.15) is 5.82 Å². The number of likely N-dealkylation sites (tertiary alicyclic amines) is 1. The maximum atomic E-state index is 14.6. The smallest absolute Gasteiger partial charge is 0.318 e. The van der Waals surface area contributed by atoms with Crippen molar-refractivity contribution in [2.24, 2.45) is 0 Å². The number of ether oxygens (including phenoxy) is 4. The summed E-state index contributed by atoms with van der Waals surface area (Å²) in [5, 5.41) is 3.72. The number of thioether (sulfide) groups is 1. The van der Waals surface area contributed by atoms with E-state index in [0.29, 0.717) is 39.3 Å². The molecule has 2 amide bonds. The molecule has 6 rings (SSSR count). The Hall–Kier alpha value is -3.67. The first-order chi connectivity index (χ1) is 26.1. The summed E-state index contributed by atoms with van der Waals surface area (Å²) in [6, 6.07) is 24.1. The van der Waals surface area contributed by atoms with E-state index in [1.54, 1.807) is 57.5 Å². The molecule has 1 N–H and O–H groups in total. The minimum Gasteiger partial charge on any atom is -0.493 e. The van der Waals surface area contributed by atoms with Crippen LogP contribution in [0.15, 0.2) is 78.9 Å². The minimum absolute atomic E-state index is 0.0241. The maximum Gasteiger partial charge on any atom is 0.318 e. The minimum atomic E-state index is -0.981. The third kappa shape index (κ3) is 8.58. The van der Waals surface area contributed by atoms with Crippen molar-refractivity contribution in [3.63, 3.8) is 0 Å². The molecule has 0 bridgehead atoms. The number of rotatable bonds is 15. The van der Waals surface area contributed by atoms with E-state index in [-0.39, 0.29) is 36.4 Å². The number of halogens is 3. The van der Waals surface area contributed by atoms with Gasteiger partial charge in [-0.3, -0.25) is 0 Å². The number of benzene rings is 4. The second kappa shape index (κ2) is 17.9. The number of carbonyl (C=O) groups excluding carboxylic acids is 1. The molecule has 8 nitrogen and oxygen atoms in total. The van der Waals surface area contributed by atoms with E-state index in [1.807, 2.05) is 24.3 Å². The van der Waals surface area contributed by atoms with Crippen LogP contribution in [-0.4, -0.2) is 70.4 Å². The van der Waals surface area contributed by atoms with Crippen LogP contribution in [0.25, 0.3) is 0 Å². The number of nitrogens with zero attached hydrogens (tertiary/aromatic N) is 2. The van der Waals surface area contributed by atoms with Crippen LogP contribution >= 0.6 is 35.0 Å². The molecule has 0 aromatic heterocycles. The standard InChI is InChI=1S/C42H48Cl2FN3O5S/c1-47(40(49)46-25-30-10-6-8-13-36(30)45)41(32-14-15-34(43)35(44)24-32,28-53-26-29-22-37(50-2)39(52-4)38(23-29)51-3)16-9-19-48-20-17-42(18-21-48)33-12-7-5-11-31(33)27-54-42/h5-8,10-15,22-24H,9,16-21,25-28H2,1-4H3,(H,46,49)/t41-/m1/s1. The number of amides is 2. The Labute approximate surface area is 332 Å². The zero-order chi connectivity index (χ0) is 38.3. The molecule has 0 radical (unpaired) electrons. The van der Waals surface area contributed by atoms with E-state index in [2.05, 4.69) is 46.2 Å². The molecule has 0 unspecified atom stereocenters. The summed E-state index contributed by atoms with van der Waals surface area (Å²) in [6.45, 7) is 3.19. The van der Waals surface area contributed by atoms with Gasteiger partial charge in [0.2, 0.25) is 5.75 Å². The number of methoxy groups -OCH3 is 3. The molecule has 1 fully saturated rings. The van der Waals surface area contributed by atoms with E-state index in [9.17, 15) is 9.18 Å². The van der Waals surface area contributed by atoms with Crippen LogP contribution in [0.3, 0.4) is 0 Å². The summed E-state index contributed by atoms with van der Waals surface area (Å²) in [5.41, 5.74) is 3.95. The number of hydrogen-bond donors (Lipinski definition) is 1. The largest absolute Gasteiger partial charge is 0.493 e. The molecule has 1 saturated heterocycles. The summed E-state index contributed by atoms with van der Waals surface area (Å²) in [4.78, 5) is 18.3. The lowest BCUT2D eigenvalue weighted by Crippen LogP contribution is -2.54. The molecule has 1 spiro atoms. The summed E-state index contributed by atoms with van der Waals surface area (Å²) in [7, 11) is 6.45. The van der Waals surface area contributed by atoms with Gasteiger partial charge in [0.15, 0.2) is 11.5 Å². The lowest BCUT2D eigenvalue weighted by atomic mass is 9.83. The Bertz CT molecular complexity index is 1900. The molecule has 0 saturated carbocycles. The molecule has 4 aromatic rings. The molecule has 2 heterocycles. The third-order valence-electron chi connectivity index (χ3n) is 10.9. The first-order valence-corrected chi connectivity index (χ1v) is 19.9. The van der Waals surface area contributed by atoms with Gasteiger partial charge in [0.25, 0.3) is 0 Å². The van der Waals surface area contributed by atoms with E-state index in [1.165, 1.54) is 17.2 Å². The second-order valence-electron chi connectivity index (χ2n) is 13.9. The fraction of sp³-hybridized carbons (Fsp3) is 0.405. The zero-order valence-electron chi connectivity index (χ0n) is 31.3. The van der Waals surface area contributed by atoms with Crippen LogP contribution in [0.1, 0.15) is 53.5 Å². The van der Waals surface area contributed by atoms with Crippen molar-refractivity contribution in [3.05, 3.63) is 123 Å². The normalized spacial score (nSPS) is 16.1. The van der Waals surface area contributed by atoms with Gasteiger partial charge in [-0.25, -0.2) is 9.18 Å². The van der Waals surface area contributed by atoms with Crippen LogP contribution in [0, 0.1) is 5.82 Å². The van der Waals surface area contributed by atoms with Crippen LogP contribution in [-0.2, 0) is 33.9 Å². The fourth-order valence-electron chi connectivity index (χ4n) is 7.76. The number of nitrogens with one attached hydrogen (secondary N) is 1. The van der Waals surface area contributed by atoms with Crippen molar-refractivity contribution in [2.75, 3.05) is 54.6 Å². The van der Waals surface area contributed by atoms with Gasteiger partial charge in [-0.15, -0.1) is 11.8 Å². The van der Waals surface area contributed by atoms with Gasteiger partial charge in [-0.2, -0.15) is 0 Å². The molecule has 2 aliphatic rings. The molecular formula is C42H48Cl2FN3O5S. The number of carbonyl (C=O) groups is 1. The van der Waals surface area contributed by atoms with Crippen molar-refractivity contribution in [3.8, 4) is 17.2 Å². The fourth-order valence-corrected chi connectivity index (χ4v) is 9.56. The highest BCUT2D eigenvalue weighted by Gasteiger charge is 2.43. The van der Waals surface area contributed by atoms with Crippen molar-refractivity contribution in [2.45, 2.75) is 54.9 Å². The topological polar surface area (TPSA) is 72.5 Å². The summed E-state index contributed by atoms with van der Waals surface area (Å²) < 4.78 is 38.0. The van der Waals surface area contributed by atoms with Crippen LogP contribution in [0.2, 0.25) is 10.0 Å². The number of piperidine rings is 1. The lowest BCUT2D eigenvalue weighted by Gasteiger charge is -2.43. The summed E-state index contributed by atoms with van der Waals surface area (Å²) in [6.07, 6.45) is 3.53. The summed E-state index contributed by atoms with van der Waals surface area (Å²) in [5.74, 6) is 2.20. The molecular weight excluding hydrogens is 748 g/mol. The number of fused-ring (bicyclic) bond motifs is 2. The Morgan fingerprint density at radius 1 is 0.944 bits per heavy atom. The van der Waals surface area contributed by atoms with E-state index in [4.69, 9.17) is 42.1 Å². The van der Waals surface area contributed by atoms with Gasteiger partial charge >= 0.3 is 6.03 Å². The van der Waals surface area contributed by atoms with Crippen LogP contribution < -0.4 is 19.5 Å². The second-order valence-corrected chi connectivity index (χ2v) is 16.1. The first-order valence-electron chi connectivity index (χ1n) is 18.1. The molecule has 2 aliphatic heterocycles. The molecule has 4 aromatic carbocycles. The molecule has 0 aliphatic carbocycles. The van der Waals surface area contributed by atoms with Gasteiger partial charge in [0, 0.05) is 29.7 Å². The van der Waals surface area contributed by atoms with Gasteiger partial charge in [0.05, 0.1) is 50.1 Å². The van der Waals surface area contributed by atoms with Crippen molar-refractivity contribution >= 4 is 41.0 Å². The highest BCUT2D eigenvalue weighted by molar-refractivity contribution is 7.99. The lowest BCUT2D eigenvalue weighted by molar-refractivity contribution is 0.00243. The predicted octanol–water partition coefficient (Wildman–Crippen LogP) is 9.43. The van der Waals surface area contributed by atoms with E-state index < -0.39 is 5.54 Å². The van der Waals surface area contributed by atoms with Gasteiger partial charge in [-0.1, -0.05) is 71.7 Å². The zero-order valence-corrected chi connectivity index (χ0v) is 33.6. The number of likely N-dealkylation sites (N-methyl/N-ethyl adjacent to an activating group) is 1. The molecule has 1 atom stereocenters. The molecule has 288 valence electrons. The van der Waals surface area contributed by atoms with Crippen molar-refractivity contribution in [1.29, 1.82) is 0 Å². The Balaban J connectivity index is 1.25. The van der Waals surface area contributed by atoms with E-state index in [0.717, 1.165) is 55.8 Å². The van der Waals surface area contributed by atoms with Gasteiger partial charge in [-0.05, 0) is 97.9 Å². The molecule has 12 heteroatoms. The monoisotopic (exact) mass is 795 g/mol. The van der Waals surface area contributed by atoms with Gasteiger partial charge < -0.3 is 34.1 Å². The van der Waals surface area contributed by atoms with Crippen molar-refractivity contribution in [1.82, 2.24) is 15.1 Å². The average Bonchev–Trinajstić information content (AvgIpc) is 3.55. The van der Waals surface area contributed by atoms with Crippen molar-refractivity contribution < 1.29 is 28.1 Å². The average molecular weight is 797 g/mol. The first kappa shape index (κ1) is 40.0. The highest BCUT2D eigenvalue weighted by atomic mass is 35.5. The predicted molar refractivity (Wildman–Crippen MR) is 215 cm³/mol. The maximum absolute atomic E-state index is 14.6. The van der Waals surface area contributed by atoms with E-state index >= 15 is 0 Å². The quantitative estimate of drug-likeness (QED) is 0.129. The Kier molecular flexibility index (Phi) is 13.2. The Morgan fingerprint density at radius 2 is 1.65 bits per heavy atom. The van der Waals surface area contributed by atoms with Crippen LogP contribution in [0.5, 0.6) is 17.2 Å². The SMILES string of the molecule is COc1cc(COC[C@](CCCN2CCC3(CC2)SCc2ccccc23)(c2ccc(Cl)c(Cl)c2)N(C)C(=O)NCc2ccccc2F)cc(OC)c1OC. The molecule has 54 heavy (non-hydrogen) atoms. The van der Waals surface area contributed by atoms with Crippen LogP contribution in [0.4, 0.5) is 9.18 Å². The number of urea groups is 1. The highest BCUT2D eigenvalue weighted by Crippen LogP contribution is 2.53. The number of hydrogen-bond acceptors (Lipinski definition) is 7. The summed E-state index contributed by atoms with van der Waals surface area (Å²) >= 11 is 15.2. The Morgan fingerprint density at radius 3 is 2.33 bits per heavy atom. The third-order valence-corrected chi connectivity index (χ3v) is 13.2.